The summed E-state index contributed by atoms with van der Waals surface area (Å²) < 4.78 is 0. The maximum absolute atomic E-state index is 11.5. The minimum atomic E-state index is -1.35. The zero-order valence-corrected chi connectivity index (χ0v) is 19.1. The van der Waals surface area contributed by atoms with Crippen LogP contribution >= 0.6 is 0 Å². The molecule has 0 spiro atoms. The van der Waals surface area contributed by atoms with Crippen molar-refractivity contribution in [2.75, 3.05) is 6.54 Å². The van der Waals surface area contributed by atoms with E-state index in [4.69, 9.17) is 0 Å². The molecule has 2 atom stereocenters. The van der Waals surface area contributed by atoms with Crippen molar-refractivity contribution in [1.82, 2.24) is 4.90 Å². The van der Waals surface area contributed by atoms with Crippen molar-refractivity contribution in [2.45, 2.75) is 97.1 Å². The lowest BCUT2D eigenvalue weighted by Gasteiger charge is -2.39. The van der Waals surface area contributed by atoms with Gasteiger partial charge >= 0.3 is 11.9 Å². The van der Waals surface area contributed by atoms with Gasteiger partial charge in [0.25, 0.3) is 0 Å². The molecule has 0 aliphatic rings. The summed E-state index contributed by atoms with van der Waals surface area (Å²) in [6.45, 7) is 7.27. The third kappa shape index (κ3) is 9.29. The zero-order chi connectivity index (χ0) is 22.4. The minimum absolute atomic E-state index is 0.0476. The minimum Gasteiger partial charge on any atom is -0.481 e. The second-order valence-electron chi connectivity index (χ2n) is 8.29. The number of carbonyl (C=O) groups is 2. The number of carboxylic acids is 2. The molecule has 0 radical (unpaired) electrons. The normalized spacial score (nSPS) is 13.5. The van der Waals surface area contributed by atoms with Crippen LogP contribution in [0, 0.1) is 5.92 Å². The maximum Gasteiger partial charge on any atom is 0.317 e. The van der Waals surface area contributed by atoms with Crippen LogP contribution < -0.4 is 0 Å². The lowest BCUT2D eigenvalue weighted by atomic mass is 9.92. The van der Waals surface area contributed by atoms with Gasteiger partial charge in [0.1, 0.15) is 0 Å². The lowest BCUT2D eigenvalue weighted by molar-refractivity contribution is -0.155. The van der Waals surface area contributed by atoms with Crippen LogP contribution in [0.1, 0.15) is 84.1 Å². The molecular weight excluding hydrogens is 378 g/mol. The Morgan fingerprint density at radius 1 is 0.867 bits per heavy atom. The van der Waals surface area contributed by atoms with Gasteiger partial charge in [-0.1, -0.05) is 83.2 Å². The van der Waals surface area contributed by atoms with E-state index in [9.17, 15) is 19.8 Å². The van der Waals surface area contributed by atoms with Crippen molar-refractivity contribution in [3.05, 3.63) is 35.9 Å². The quantitative estimate of drug-likeness (QED) is 0.253. The van der Waals surface area contributed by atoms with Gasteiger partial charge in [-0.3, -0.25) is 14.5 Å². The first kappa shape index (κ1) is 26.2. The number of hydrogen-bond acceptors (Lipinski definition) is 3. The first-order valence-electron chi connectivity index (χ1n) is 11.7. The Labute approximate surface area is 182 Å². The molecule has 0 aliphatic heterocycles. The molecule has 2 unspecified atom stereocenters. The number of hydrogen-bond donors (Lipinski definition) is 2. The molecule has 0 aromatic heterocycles. The summed E-state index contributed by atoms with van der Waals surface area (Å²) >= 11 is 0. The number of nitrogens with zero attached hydrogens (tertiary/aromatic N) is 1. The molecule has 0 heterocycles. The Morgan fingerprint density at radius 3 is 2.07 bits per heavy atom. The molecular formula is C25H41NO4. The molecule has 0 saturated heterocycles. The maximum atomic E-state index is 11.5. The van der Waals surface area contributed by atoms with E-state index in [2.05, 4.69) is 30.9 Å². The van der Waals surface area contributed by atoms with Gasteiger partial charge in [-0.05, 0) is 37.7 Å². The molecule has 0 fully saturated rings. The van der Waals surface area contributed by atoms with Crippen LogP contribution in [0.2, 0.25) is 0 Å². The summed E-state index contributed by atoms with van der Waals surface area (Å²) in [6.07, 6.45) is 9.82. The Bertz CT molecular complexity index is 590. The number of rotatable bonds is 17. The average Bonchev–Trinajstić information content (AvgIpc) is 2.73. The van der Waals surface area contributed by atoms with E-state index in [1.54, 1.807) is 0 Å². The van der Waals surface area contributed by atoms with E-state index in [0.29, 0.717) is 6.04 Å². The predicted octanol–water partition coefficient (Wildman–Crippen LogP) is 5.62. The lowest BCUT2D eigenvalue weighted by Crippen LogP contribution is -2.46. The van der Waals surface area contributed by atoms with E-state index >= 15 is 0 Å². The highest BCUT2D eigenvalue weighted by atomic mass is 16.4. The summed E-state index contributed by atoms with van der Waals surface area (Å²) in [5.41, 5.74) is 1.26. The van der Waals surface area contributed by atoms with Gasteiger partial charge in [0, 0.05) is 18.6 Å². The third-order valence-corrected chi connectivity index (χ3v) is 6.03. The summed E-state index contributed by atoms with van der Waals surface area (Å²) in [4.78, 5) is 25.5. The molecule has 0 saturated carbocycles. The van der Waals surface area contributed by atoms with Crippen LogP contribution in [-0.4, -0.2) is 45.7 Å². The van der Waals surface area contributed by atoms with Gasteiger partial charge < -0.3 is 10.2 Å². The van der Waals surface area contributed by atoms with Crippen molar-refractivity contribution in [3.63, 3.8) is 0 Å². The van der Waals surface area contributed by atoms with Crippen LogP contribution in [0.3, 0.4) is 0 Å². The largest absolute Gasteiger partial charge is 0.481 e. The average molecular weight is 420 g/mol. The van der Waals surface area contributed by atoms with Crippen molar-refractivity contribution < 1.29 is 19.8 Å². The van der Waals surface area contributed by atoms with E-state index in [0.717, 1.165) is 45.1 Å². The van der Waals surface area contributed by atoms with Crippen LogP contribution in [0.5, 0.6) is 0 Å². The third-order valence-electron chi connectivity index (χ3n) is 6.03. The standard InChI is InChI=1S/C25H41NO4/c1-4-7-8-12-16-22(13-5-2)26(18-17-20-14-10-9-11-15-20)21(6-3)19-23(24(27)28)25(29)30/h9-11,14-15,21-23H,4-8,12-13,16-19H2,1-3H3,(H,27,28)(H,29,30). The van der Waals surface area contributed by atoms with E-state index in [1.165, 1.54) is 24.8 Å². The molecule has 1 aromatic carbocycles. The van der Waals surface area contributed by atoms with Crippen LogP contribution in [0.15, 0.2) is 30.3 Å². The second-order valence-corrected chi connectivity index (χ2v) is 8.29. The van der Waals surface area contributed by atoms with Gasteiger partial charge in [-0.2, -0.15) is 0 Å². The molecule has 1 aromatic rings. The van der Waals surface area contributed by atoms with Gasteiger partial charge in [0.05, 0.1) is 0 Å². The van der Waals surface area contributed by atoms with Gasteiger partial charge in [0.15, 0.2) is 5.92 Å². The highest BCUT2D eigenvalue weighted by Crippen LogP contribution is 2.25. The highest BCUT2D eigenvalue weighted by Gasteiger charge is 2.33. The molecule has 0 amide bonds. The molecule has 1 rings (SSSR count). The fraction of sp³-hybridized carbons (Fsp3) is 0.680. The van der Waals surface area contributed by atoms with Crippen LogP contribution in [0.25, 0.3) is 0 Å². The van der Waals surface area contributed by atoms with Crippen molar-refractivity contribution in [1.29, 1.82) is 0 Å². The Balaban J connectivity index is 3.03. The second kappa shape index (κ2) is 15.0. The Morgan fingerprint density at radius 2 is 1.53 bits per heavy atom. The number of unbranched alkanes of at least 4 members (excludes halogenated alkanes) is 3. The van der Waals surface area contributed by atoms with Gasteiger partial charge in [-0.15, -0.1) is 0 Å². The fourth-order valence-electron chi connectivity index (χ4n) is 4.30. The molecule has 0 aliphatic carbocycles. The van der Waals surface area contributed by atoms with Crippen molar-refractivity contribution in [2.24, 2.45) is 5.92 Å². The SMILES string of the molecule is CCCCCCC(CCC)N(CCc1ccccc1)C(CC)CC(C(=O)O)C(=O)O. The number of carboxylic acid groups (broad SMARTS) is 2. The van der Waals surface area contributed by atoms with Crippen LogP contribution in [0.4, 0.5) is 0 Å². The molecule has 5 nitrogen and oxygen atoms in total. The van der Waals surface area contributed by atoms with Crippen molar-refractivity contribution >= 4 is 11.9 Å². The highest BCUT2D eigenvalue weighted by molar-refractivity contribution is 5.92. The molecule has 170 valence electrons. The zero-order valence-electron chi connectivity index (χ0n) is 19.1. The predicted molar refractivity (Wildman–Crippen MR) is 122 cm³/mol. The van der Waals surface area contributed by atoms with E-state index in [-0.39, 0.29) is 12.5 Å². The van der Waals surface area contributed by atoms with Crippen molar-refractivity contribution in [3.8, 4) is 0 Å². The van der Waals surface area contributed by atoms with Crippen LogP contribution in [-0.2, 0) is 16.0 Å². The summed E-state index contributed by atoms with van der Waals surface area (Å²) in [6, 6.07) is 10.6. The number of benzene rings is 1. The molecule has 0 bridgehead atoms. The summed E-state index contributed by atoms with van der Waals surface area (Å²) in [5.74, 6) is -3.82. The molecule has 30 heavy (non-hydrogen) atoms. The first-order chi connectivity index (χ1) is 14.4. The summed E-state index contributed by atoms with van der Waals surface area (Å²) in [5, 5.41) is 18.8. The summed E-state index contributed by atoms with van der Waals surface area (Å²) in [7, 11) is 0. The van der Waals surface area contributed by atoms with Gasteiger partial charge in [-0.25, -0.2) is 0 Å². The van der Waals surface area contributed by atoms with E-state index < -0.39 is 17.9 Å². The fourth-order valence-corrected chi connectivity index (χ4v) is 4.30. The first-order valence-corrected chi connectivity index (χ1v) is 11.7. The topological polar surface area (TPSA) is 77.8 Å². The molecule has 2 N–H and O–H groups in total. The number of aliphatic carboxylic acids is 2. The molecule has 5 heteroatoms. The van der Waals surface area contributed by atoms with Gasteiger partial charge in [0.2, 0.25) is 0 Å². The Kier molecular flexibility index (Phi) is 13.1. The monoisotopic (exact) mass is 419 g/mol. The Hall–Kier alpha value is -1.88. The van der Waals surface area contributed by atoms with E-state index in [1.807, 2.05) is 25.1 Å². The smallest absolute Gasteiger partial charge is 0.317 e.